The minimum Gasteiger partial charge on any atom is -0.435 e. The Morgan fingerprint density at radius 2 is 1.90 bits per heavy atom. The Morgan fingerprint density at radius 1 is 1.60 bits per heavy atom. The molecule has 0 aliphatic rings. The van der Waals surface area contributed by atoms with Crippen molar-refractivity contribution >= 4 is 5.97 Å². The first-order valence-electron chi connectivity index (χ1n) is 2.21. The number of ether oxygens (including phenoxy) is 1. The first-order valence-corrected chi connectivity index (χ1v) is 2.21. The predicted octanol–water partition coefficient (Wildman–Crippen LogP) is 1.87. The number of alkyl halides is 3. The van der Waals surface area contributed by atoms with Gasteiger partial charge in [0.15, 0.2) is 0 Å². The van der Waals surface area contributed by atoms with Crippen LogP contribution in [0.2, 0.25) is 0 Å². The van der Waals surface area contributed by atoms with E-state index in [9.17, 15) is 18.0 Å². The molecule has 2 nitrogen and oxygen atoms in total. The van der Waals surface area contributed by atoms with E-state index in [1.165, 1.54) is 6.92 Å². The van der Waals surface area contributed by atoms with Gasteiger partial charge < -0.3 is 4.74 Å². The van der Waals surface area contributed by atoms with Gasteiger partial charge >= 0.3 is 12.6 Å². The lowest BCUT2D eigenvalue weighted by Crippen LogP contribution is -1.87. The first-order chi connectivity index (χ1) is 4.50. The summed E-state index contributed by atoms with van der Waals surface area (Å²) in [6, 6.07) is 0. The van der Waals surface area contributed by atoms with Crippen LogP contribution in [0.4, 0.5) is 13.2 Å². The van der Waals surface area contributed by atoms with Gasteiger partial charge in [-0.05, 0) is 0 Å². The zero-order valence-electron chi connectivity index (χ0n) is 5.31. The quantitative estimate of drug-likeness (QED) is 0.428. The third-order valence-electron chi connectivity index (χ3n) is 0.249. The van der Waals surface area contributed by atoms with Crippen molar-refractivity contribution in [3.63, 3.8) is 0 Å². The molecule has 0 bridgehead atoms. The monoisotopic (exact) mass is 156 g/mol. The van der Waals surface area contributed by atoms with Gasteiger partial charge in [-0.15, -0.1) is 0 Å². The summed E-state index contributed by atoms with van der Waals surface area (Å²) >= 11 is 0. The van der Waals surface area contributed by atoms with Crippen LogP contribution in [0.1, 0.15) is 6.92 Å². The second-order valence-corrected chi connectivity index (χ2v) is 1.02. The van der Waals surface area contributed by atoms with Crippen LogP contribution in [0.5, 0.6) is 0 Å². The summed E-state index contributed by atoms with van der Waals surface area (Å²) in [5, 5.41) is 0. The molecular weight excluding hydrogens is 149 g/mol. The van der Waals surface area contributed by atoms with E-state index in [1.54, 1.807) is 0 Å². The molecule has 0 rings (SSSR count). The highest BCUT2D eigenvalue weighted by atomic mass is 19.4. The molecule has 0 aliphatic carbocycles. The Morgan fingerprint density at radius 3 is 1.90 bits per heavy atom. The van der Waals surface area contributed by atoms with E-state index in [2.05, 4.69) is 11.3 Å². The van der Waals surface area contributed by atoms with Gasteiger partial charge in [0.05, 0.1) is 6.26 Å². The highest BCUT2D eigenvalue weighted by Crippen LogP contribution is 1.87. The molecule has 0 aliphatic heterocycles. The van der Waals surface area contributed by atoms with E-state index in [-0.39, 0.29) is 5.97 Å². The molecule has 0 aromatic carbocycles. The van der Waals surface area contributed by atoms with Crippen LogP contribution < -0.4 is 0 Å². The summed E-state index contributed by atoms with van der Waals surface area (Å²) in [5.74, 6) is -0.329. The number of rotatable bonds is 1. The SMILES string of the molecule is C=COC(C)=O.FC(F)F. The zero-order chi connectivity index (χ0) is 8.57. The van der Waals surface area contributed by atoms with Crippen molar-refractivity contribution in [1.82, 2.24) is 0 Å². The molecule has 0 radical (unpaired) electrons. The van der Waals surface area contributed by atoms with Crippen molar-refractivity contribution < 1.29 is 22.7 Å². The van der Waals surface area contributed by atoms with Crippen LogP contribution in [-0.2, 0) is 9.53 Å². The minimum atomic E-state index is -3.67. The maximum absolute atomic E-state index is 9.75. The molecular formula is C5H7F3O2. The van der Waals surface area contributed by atoms with Crippen LogP contribution >= 0.6 is 0 Å². The summed E-state index contributed by atoms with van der Waals surface area (Å²) in [5.41, 5.74) is 0. The van der Waals surface area contributed by atoms with E-state index in [4.69, 9.17) is 0 Å². The standard InChI is InChI=1S/C4H6O2.CHF3/c1-3-6-4(2)5;2-1(3)4/h3H,1H2,2H3;1H. The lowest BCUT2D eigenvalue weighted by Gasteiger charge is -1.83. The minimum absolute atomic E-state index is 0.329. The molecule has 0 saturated carbocycles. The molecule has 60 valence electrons. The molecule has 0 aromatic rings. The van der Waals surface area contributed by atoms with Gasteiger partial charge in [-0.1, -0.05) is 6.58 Å². The lowest BCUT2D eigenvalue weighted by atomic mass is 10.8. The molecule has 0 fully saturated rings. The van der Waals surface area contributed by atoms with Crippen LogP contribution in [0.15, 0.2) is 12.8 Å². The van der Waals surface area contributed by atoms with Crippen LogP contribution in [-0.4, -0.2) is 12.6 Å². The maximum Gasteiger partial charge on any atom is 0.379 e. The highest BCUT2D eigenvalue weighted by molar-refractivity contribution is 5.66. The Bertz CT molecular complexity index is 100. The number of carbonyl (C=O) groups excluding carboxylic acids is 1. The molecule has 0 unspecified atom stereocenters. The second-order valence-electron chi connectivity index (χ2n) is 1.02. The fraction of sp³-hybridized carbons (Fsp3) is 0.400. The van der Waals surface area contributed by atoms with Gasteiger partial charge in [0.2, 0.25) is 0 Å². The molecule has 0 spiro atoms. The lowest BCUT2D eigenvalue weighted by molar-refractivity contribution is -0.135. The van der Waals surface area contributed by atoms with Crippen LogP contribution in [0.3, 0.4) is 0 Å². The summed E-state index contributed by atoms with van der Waals surface area (Å²) in [6.45, 7) is 0.812. The van der Waals surface area contributed by atoms with Crippen molar-refractivity contribution in [2.75, 3.05) is 0 Å². The van der Waals surface area contributed by atoms with Gasteiger partial charge in [0.1, 0.15) is 0 Å². The van der Waals surface area contributed by atoms with Gasteiger partial charge in [-0.2, -0.15) is 13.2 Å². The largest absolute Gasteiger partial charge is 0.435 e. The predicted molar refractivity (Wildman–Crippen MR) is 29.1 cm³/mol. The van der Waals surface area contributed by atoms with E-state index in [1.807, 2.05) is 0 Å². The topological polar surface area (TPSA) is 26.3 Å². The fourth-order valence-electron chi connectivity index (χ4n) is 0.117. The number of hydrogen-bond donors (Lipinski definition) is 0. The van der Waals surface area contributed by atoms with Gasteiger partial charge in [0, 0.05) is 6.92 Å². The van der Waals surface area contributed by atoms with Crippen molar-refractivity contribution in [2.45, 2.75) is 13.6 Å². The van der Waals surface area contributed by atoms with Crippen LogP contribution in [0.25, 0.3) is 0 Å². The van der Waals surface area contributed by atoms with Crippen molar-refractivity contribution in [3.8, 4) is 0 Å². The Kier molecular flexibility index (Phi) is 9.40. The molecule has 0 aromatic heterocycles. The average molecular weight is 156 g/mol. The number of hydrogen-bond acceptors (Lipinski definition) is 2. The normalized spacial score (nSPS) is 7.70. The maximum atomic E-state index is 9.75. The summed E-state index contributed by atoms with van der Waals surface area (Å²) < 4.78 is 33.2. The molecule has 10 heavy (non-hydrogen) atoms. The van der Waals surface area contributed by atoms with Crippen molar-refractivity contribution in [3.05, 3.63) is 12.8 Å². The van der Waals surface area contributed by atoms with Gasteiger partial charge in [0.25, 0.3) is 0 Å². The third-order valence-corrected chi connectivity index (χ3v) is 0.249. The Labute approximate surface area is 56.3 Å². The molecule has 0 heterocycles. The van der Waals surface area contributed by atoms with Crippen molar-refractivity contribution in [2.24, 2.45) is 0 Å². The van der Waals surface area contributed by atoms with Gasteiger partial charge in [-0.25, -0.2) is 0 Å². The number of carbonyl (C=O) groups is 1. The van der Waals surface area contributed by atoms with E-state index in [0.29, 0.717) is 0 Å². The second kappa shape index (κ2) is 8.00. The van der Waals surface area contributed by atoms with E-state index >= 15 is 0 Å². The Balaban J connectivity index is 0. The van der Waals surface area contributed by atoms with Crippen molar-refractivity contribution in [1.29, 1.82) is 0 Å². The third kappa shape index (κ3) is 63.0. The molecule has 5 heteroatoms. The zero-order valence-corrected chi connectivity index (χ0v) is 5.31. The number of esters is 1. The van der Waals surface area contributed by atoms with Gasteiger partial charge in [-0.3, -0.25) is 4.79 Å². The number of halogens is 3. The van der Waals surface area contributed by atoms with E-state index < -0.39 is 6.68 Å². The fourth-order valence-corrected chi connectivity index (χ4v) is 0.117. The molecule has 0 N–H and O–H groups in total. The molecule has 0 atom stereocenters. The molecule has 0 saturated heterocycles. The first kappa shape index (κ1) is 11.8. The average Bonchev–Trinajstić information content (AvgIpc) is 1.62. The Hall–Kier alpha value is -1.00. The van der Waals surface area contributed by atoms with E-state index in [0.717, 1.165) is 6.26 Å². The molecule has 0 amide bonds. The smallest absolute Gasteiger partial charge is 0.379 e. The van der Waals surface area contributed by atoms with Crippen LogP contribution in [0, 0.1) is 0 Å². The summed E-state index contributed by atoms with van der Waals surface area (Å²) in [6.07, 6.45) is 1.10. The summed E-state index contributed by atoms with van der Waals surface area (Å²) in [4.78, 5) is 9.75. The summed E-state index contributed by atoms with van der Waals surface area (Å²) in [7, 11) is 0. The highest BCUT2D eigenvalue weighted by Gasteiger charge is 1.86.